The highest BCUT2D eigenvalue weighted by Gasteiger charge is 2.16. The molecular weight excluding hydrogens is 249 g/mol. The van der Waals surface area contributed by atoms with Crippen molar-refractivity contribution in [1.29, 1.82) is 0 Å². The lowest BCUT2D eigenvalue weighted by Gasteiger charge is -2.21. The Bertz CT molecular complexity index is 477. The number of rotatable bonds is 3. The third-order valence-corrected chi connectivity index (χ3v) is 2.90. The summed E-state index contributed by atoms with van der Waals surface area (Å²) in [6, 6.07) is 2.96. The number of benzene rings is 1. The molecule has 0 spiro atoms. The molecule has 104 valence electrons. The van der Waals surface area contributed by atoms with E-state index in [4.69, 9.17) is 9.47 Å². The molecule has 0 radical (unpaired) electrons. The molecule has 0 amide bonds. The van der Waals surface area contributed by atoms with Crippen LogP contribution < -0.4 is 15.4 Å². The van der Waals surface area contributed by atoms with Gasteiger partial charge in [0.25, 0.3) is 0 Å². The van der Waals surface area contributed by atoms with Crippen LogP contribution in [0.2, 0.25) is 0 Å². The molecule has 0 aliphatic carbocycles. The molecule has 0 fully saturated rings. The number of aliphatic imine (C=N–C) groups is 1. The molecular formula is C13H18FN3O2. The molecule has 2 N–H and O–H groups in total. The Balaban J connectivity index is 2.05. The second-order valence-electron chi connectivity index (χ2n) is 4.16. The maximum atomic E-state index is 13.5. The summed E-state index contributed by atoms with van der Waals surface area (Å²) in [6.45, 7) is 1.26. The summed E-state index contributed by atoms with van der Waals surface area (Å²) in [5, 5.41) is 6.05. The molecule has 1 aliphatic heterocycles. The highest BCUT2D eigenvalue weighted by molar-refractivity contribution is 5.79. The minimum absolute atomic E-state index is 0.219. The number of nitrogens with zero attached hydrogens (tertiary/aromatic N) is 1. The van der Waals surface area contributed by atoms with Gasteiger partial charge in [-0.2, -0.15) is 0 Å². The normalized spacial score (nSPS) is 14.6. The lowest BCUT2D eigenvalue weighted by atomic mass is 10.1. The number of hydrogen-bond donors (Lipinski definition) is 2. The highest BCUT2D eigenvalue weighted by Crippen LogP contribution is 2.29. The van der Waals surface area contributed by atoms with Crippen LogP contribution in [0.4, 0.5) is 4.39 Å². The minimum Gasteiger partial charge on any atom is -0.467 e. The molecule has 6 heteroatoms. The van der Waals surface area contributed by atoms with Gasteiger partial charge >= 0.3 is 0 Å². The minimum atomic E-state index is -0.263. The zero-order chi connectivity index (χ0) is 13.7. The third kappa shape index (κ3) is 3.35. The summed E-state index contributed by atoms with van der Waals surface area (Å²) >= 11 is 0. The standard InChI is InChI=1S/C13H18FN3O2/c1-15-13(16-2)17-4-3-9-5-11(14)6-10-7-18-8-19-12(9)10/h5-6H,3-4,7-8H2,1-2H3,(H2,15,16,17). The van der Waals surface area contributed by atoms with Crippen LogP contribution in [0, 0.1) is 5.82 Å². The fraction of sp³-hybridized carbons (Fsp3) is 0.462. The first kappa shape index (κ1) is 13.6. The first-order chi connectivity index (χ1) is 9.24. The molecule has 0 atom stereocenters. The van der Waals surface area contributed by atoms with Crippen LogP contribution in [-0.4, -0.2) is 33.4 Å². The van der Waals surface area contributed by atoms with Crippen LogP contribution in [-0.2, 0) is 17.8 Å². The smallest absolute Gasteiger partial charge is 0.190 e. The van der Waals surface area contributed by atoms with Gasteiger partial charge in [0, 0.05) is 26.2 Å². The van der Waals surface area contributed by atoms with Gasteiger partial charge in [-0.25, -0.2) is 4.39 Å². The molecule has 0 saturated heterocycles. The quantitative estimate of drug-likeness (QED) is 0.634. The summed E-state index contributed by atoms with van der Waals surface area (Å²) in [5.41, 5.74) is 1.61. The molecule has 19 heavy (non-hydrogen) atoms. The first-order valence-electron chi connectivity index (χ1n) is 6.15. The Labute approximate surface area is 111 Å². The van der Waals surface area contributed by atoms with Gasteiger partial charge in [0.2, 0.25) is 0 Å². The van der Waals surface area contributed by atoms with E-state index in [2.05, 4.69) is 15.6 Å². The second kappa shape index (κ2) is 6.38. The topological polar surface area (TPSA) is 54.9 Å². The van der Waals surface area contributed by atoms with Crippen LogP contribution in [0.15, 0.2) is 17.1 Å². The van der Waals surface area contributed by atoms with Gasteiger partial charge in [-0.1, -0.05) is 0 Å². The average Bonchev–Trinajstić information content (AvgIpc) is 2.43. The number of halogens is 1. The van der Waals surface area contributed by atoms with Gasteiger partial charge in [-0.3, -0.25) is 4.99 Å². The van der Waals surface area contributed by atoms with Crippen molar-refractivity contribution in [3.8, 4) is 5.75 Å². The van der Waals surface area contributed by atoms with Crippen LogP contribution in [0.25, 0.3) is 0 Å². The first-order valence-corrected chi connectivity index (χ1v) is 6.15. The average molecular weight is 267 g/mol. The van der Waals surface area contributed by atoms with Crippen LogP contribution >= 0.6 is 0 Å². The maximum Gasteiger partial charge on any atom is 0.190 e. The second-order valence-corrected chi connectivity index (χ2v) is 4.16. The summed E-state index contributed by atoms with van der Waals surface area (Å²) in [6.07, 6.45) is 0.654. The largest absolute Gasteiger partial charge is 0.467 e. The fourth-order valence-corrected chi connectivity index (χ4v) is 2.04. The molecule has 2 rings (SSSR count). The van der Waals surface area contributed by atoms with Crippen molar-refractivity contribution in [2.45, 2.75) is 13.0 Å². The van der Waals surface area contributed by atoms with E-state index >= 15 is 0 Å². The lowest BCUT2D eigenvalue weighted by molar-refractivity contribution is -0.0172. The fourth-order valence-electron chi connectivity index (χ4n) is 2.04. The van der Waals surface area contributed by atoms with E-state index in [-0.39, 0.29) is 12.6 Å². The SMILES string of the molecule is CN=C(NC)NCCc1cc(F)cc2c1OCOC2. The van der Waals surface area contributed by atoms with E-state index in [1.165, 1.54) is 12.1 Å². The number of hydrogen-bond acceptors (Lipinski definition) is 3. The summed E-state index contributed by atoms with van der Waals surface area (Å²) in [7, 11) is 3.49. The van der Waals surface area contributed by atoms with Crippen LogP contribution in [0.5, 0.6) is 5.75 Å². The lowest BCUT2D eigenvalue weighted by Crippen LogP contribution is -2.35. The highest BCUT2D eigenvalue weighted by atomic mass is 19.1. The van der Waals surface area contributed by atoms with E-state index in [0.717, 1.165) is 16.9 Å². The Kier molecular flexibility index (Phi) is 4.57. The summed E-state index contributed by atoms with van der Waals surface area (Å²) < 4.78 is 24.1. The van der Waals surface area contributed by atoms with Crippen LogP contribution in [0.3, 0.4) is 0 Å². The number of nitrogens with one attached hydrogen (secondary N) is 2. The molecule has 1 aromatic carbocycles. The van der Waals surface area contributed by atoms with Crippen molar-refractivity contribution in [3.05, 3.63) is 29.1 Å². The monoisotopic (exact) mass is 267 g/mol. The van der Waals surface area contributed by atoms with Crippen LogP contribution in [0.1, 0.15) is 11.1 Å². The molecule has 0 bridgehead atoms. The van der Waals surface area contributed by atoms with E-state index in [1.807, 2.05) is 0 Å². The van der Waals surface area contributed by atoms with Crippen molar-refractivity contribution in [2.24, 2.45) is 4.99 Å². The molecule has 0 unspecified atom stereocenters. The predicted octanol–water partition coefficient (Wildman–Crippen LogP) is 1.03. The predicted molar refractivity (Wildman–Crippen MR) is 70.8 cm³/mol. The zero-order valence-corrected chi connectivity index (χ0v) is 11.1. The Morgan fingerprint density at radius 1 is 1.47 bits per heavy atom. The van der Waals surface area contributed by atoms with E-state index < -0.39 is 0 Å². The molecule has 1 aliphatic rings. The van der Waals surface area contributed by atoms with E-state index in [1.54, 1.807) is 14.1 Å². The summed E-state index contributed by atoms with van der Waals surface area (Å²) in [5.74, 6) is 1.18. The molecule has 5 nitrogen and oxygen atoms in total. The Morgan fingerprint density at radius 2 is 2.32 bits per heavy atom. The van der Waals surface area contributed by atoms with Gasteiger partial charge in [-0.15, -0.1) is 0 Å². The van der Waals surface area contributed by atoms with Crippen molar-refractivity contribution in [3.63, 3.8) is 0 Å². The Morgan fingerprint density at radius 3 is 3.05 bits per heavy atom. The molecule has 1 heterocycles. The number of fused-ring (bicyclic) bond motifs is 1. The number of ether oxygens (including phenoxy) is 2. The van der Waals surface area contributed by atoms with Gasteiger partial charge in [0.1, 0.15) is 11.6 Å². The van der Waals surface area contributed by atoms with Gasteiger partial charge in [0.15, 0.2) is 12.8 Å². The van der Waals surface area contributed by atoms with Crippen molar-refractivity contribution < 1.29 is 13.9 Å². The van der Waals surface area contributed by atoms with E-state index in [9.17, 15) is 4.39 Å². The third-order valence-electron chi connectivity index (χ3n) is 2.90. The number of guanidine groups is 1. The molecule has 0 saturated carbocycles. The molecule has 0 aromatic heterocycles. The van der Waals surface area contributed by atoms with Crippen molar-refractivity contribution >= 4 is 5.96 Å². The maximum absolute atomic E-state index is 13.5. The zero-order valence-electron chi connectivity index (χ0n) is 11.1. The Hall–Kier alpha value is -1.82. The van der Waals surface area contributed by atoms with Crippen molar-refractivity contribution in [2.75, 3.05) is 27.4 Å². The van der Waals surface area contributed by atoms with Gasteiger partial charge in [0.05, 0.1) is 6.61 Å². The van der Waals surface area contributed by atoms with Gasteiger partial charge < -0.3 is 20.1 Å². The van der Waals surface area contributed by atoms with E-state index in [0.29, 0.717) is 25.5 Å². The molecule has 1 aromatic rings. The van der Waals surface area contributed by atoms with Crippen molar-refractivity contribution in [1.82, 2.24) is 10.6 Å². The summed E-state index contributed by atoms with van der Waals surface area (Å²) in [4.78, 5) is 4.01. The van der Waals surface area contributed by atoms with Gasteiger partial charge in [-0.05, 0) is 24.1 Å².